The Labute approximate surface area is 151 Å². The highest BCUT2D eigenvalue weighted by molar-refractivity contribution is 5.94. The Kier molecular flexibility index (Phi) is 4.16. The van der Waals surface area contributed by atoms with Gasteiger partial charge in [0.15, 0.2) is 5.69 Å². The van der Waals surface area contributed by atoms with Crippen molar-refractivity contribution >= 4 is 16.7 Å². The molecule has 7 heteroatoms. The van der Waals surface area contributed by atoms with Crippen molar-refractivity contribution < 1.29 is 4.79 Å². The summed E-state index contributed by atoms with van der Waals surface area (Å²) in [5, 5.41) is 10.5. The number of piperidine rings is 1. The Balaban J connectivity index is 1.71. The quantitative estimate of drug-likeness (QED) is 0.764. The number of benzene rings is 1. The molecule has 0 radical (unpaired) electrons. The molecule has 0 bridgehead atoms. The lowest BCUT2D eigenvalue weighted by molar-refractivity contribution is 0.0612. The summed E-state index contributed by atoms with van der Waals surface area (Å²) < 4.78 is 1.73. The monoisotopic (exact) mass is 350 g/mol. The maximum Gasteiger partial charge on any atom is 0.276 e. The van der Waals surface area contributed by atoms with Crippen LogP contribution < -0.4 is 5.73 Å². The van der Waals surface area contributed by atoms with Gasteiger partial charge in [0.05, 0.1) is 11.4 Å². The number of rotatable bonds is 2. The lowest BCUT2D eigenvalue weighted by Crippen LogP contribution is -2.48. The Bertz CT molecular complexity index is 960. The number of pyridine rings is 1. The second-order valence-electron chi connectivity index (χ2n) is 6.94. The van der Waals surface area contributed by atoms with Crippen molar-refractivity contribution in [3.63, 3.8) is 0 Å². The smallest absolute Gasteiger partial charge is 0.276 e. The van der Waals surface area contributed by atoms with Crippen molar-refractivity contribution in [2.24, 2.45) is 5.73 Å². The molecule has 1 aliphatic rings. The van der Waals surface area contributed by atoms with Crippen LogP contribution in [0.15, 0.2) is 36.7 Å². The molecule has 2 N–H and O–H groups in total. The van der Waals surface area contributed by atoms with E-state index < -0.39 is 0 Å². The number of aromatic nitrogens is 4. The topological polar surface area (TPSA) is 89.9 Å². The number of fused-ring (bicyclic) bond motifs is 1. The van der Waals surface area contributed by atoms with E-state index in [0.29, 0.717) is 12.2 Å². The van der Waals surface area contributed by atoms with E-state index in [4.69, 9.17) is 5.73 Å². The van der Waals surface area contributed by atoms with E-state index >= 15 is 0 Å². The molecule has 3 aromatic rings. The maximum absolute atomic E-state index is 13.0. The van der Waals surface area contributed by atoms with E-state index in [-0.39, 0.29) is 18.0 Å². The van der Waals surface area contributed by atoms with Crippen LogP contribution in [-0.2, 0) is 0 Å². The molecule has 0 spiro atoms. The Morgan fingerprint density at radius 2 is 2.15 bits per heavy atom. The van der Waals surface area contributed by atoms with E-state index in [1.165, 1.54) is 0 Å². The molecule has 1 aromatic carbocycles. The van der Waals surface area contributed by atoms with Gasteiger partial charge < -0.3 is 10.6 Å². The molecule has 2 aromatic heterocycles. The summed E-state index contributed by atoms with van der Waals surface area (Å²) in [6.45, 7) is 4.58. The van der Waals surface area contributed by atoms with Gasteiger partial charge in [0.25, 0.3) is 5.91 Å². The summed E-state index contributed by atoms with van der Waals surface area (Å²) in [5.41, 5.74) is 8.04. The highest BCUT2D eigenvalue weighted by Gasteiger charge is 2.30. The van der Waals surface area contributed by atoms with Crippen molar-refractivity contribution in [2.45, 2.75) is 38.8 Å². The molecule has 1 saturated heterocycles. The van der Waals surface area contributed by atoms with Crippen LogP contribution in [0.3, 0.4) is 0 Å². The fourth-order valence-electron chi connectivity index (χ4n) is 3.69. The summed E-state index contributed by atoms with van der Waals surface area (Å²) in [6, 6.07) is 8.15. The van der Waals surface area contributed by atoms with Gasteiger partial charge >= 0.3 is 0 Å². The highest BCUT2D eigenvalue weighted by Crippen LogP contribution is 2.24. The molecule has 2 atom stereocenters. The van der Waals surface area contributed by atoms with Gasteiger partial charge in [-0.05, 0) is 38.8 Å². The van der Waals surface area contributed by atoms with E-state index in [2.05, 4.69) is 15.3 Å². The summed E-state index contributed by atoms with van der Waals surface area (Å²) in [4.78, 5) is 19.0. The van der Waals surface area contributed by atoms with Crippen molar-refractivity contribution in [3.05, 3.63) is 48.0 Å². The number of carbonyl (C=O) groups is 1. The lowest BCUT2D eigenvalue weighted by Gasteiger charge is -2.36. The molecule has 4 rings (SSSR count). The molecule has 1 aliphatic heterocycles. The van der Waals surface area contributed by atoms with Gasteiger partial charge in [-0.15, -0.1) is 5.10 Å². The average molecular weight is 350 g/mol. The van der Waals surface area contributed by atoms with Gasteiger partial charge in [0.1, 0.15) is 0 Å². The zero-order valence-electron chi connectivity index (χ0n) is 15.0. The van der Waals surface area contributed by atoms with Crippen LogP contribution in [-0.4, -0.2) is 49.4 Å². The van der Waals surface area contributed by atoms with Gasteiger partial charge in [0, 0.05) is 41.8 Å². The third kappa shape index (κ3) is 2.74. The van der Waals surface area contributed by atoms with Gasteiger partial charge in [0.2, 0.25) is 0 Å². The van der Waals surface area contributed by atoms with Gasteiger partial charge in [-0.2, -0.15) is 0 Å². The third-order valence-electron chi connectivity index (χ3n) is 5.16. The van der Waals surface area contributed by atoms with Crippen LogP contribution >= 0.6 is 0 Å². The summed E-state index contributed by atoms with van der Waals surface area (Å²) in [7, 11) is 0. The molecule has 7 nitrogen and oxygen atoms in total. The van der Waals surface area contributed by atoms with E-state index in [1.54, 1.807) is 10.9 Å². The number of likely N-dealkylation sites (tertiary alicyclic amines) is 1. The maximum atomic E-state index is 13.0. The Morgan fingerprint density at radius 3 is 2.96 bits per heavy atom. The van der Waals surface area contributed by atoms with E-state index in [1.807, 2.05) is 49.2 Å². The van der Waals surface area contributed by atoms with Crippen molar-refractivity contribution in [1.82, 2.24) is 24.9 Å². The van der Waals surface area contributed by atoms with Gasteiger partial charge in [-0.1, -0.05) is 17.3 Å². The first-order valence-electron chi connectivity index (χ1n) is 8.88. The zero-order chi connectivity index (χ0) is 18.3. The van der Waals surface area contributed by atoms with Crippen molar-refractivity contribution in [3.8, 4) is 5.69 Å². The predicted molar refractivity (Wildman–Crippen MR) is 99.1 cm³/mol. The predicted octanol–water partition coefficient (Wildman–Crippen LogP) is 2.08. The van der Waals surface area contributed by atoms with Crippen LogP contribution in [0.4, 0.5) is 0 Å². The van der Waals surface area contributed by atoms with Crippen LogP contribution in [0, 0.1) is 6.92 Å². The lowest BCUT2D eigenvalue weighted by atomic mass is 9.98. The van der Waals surface area contributed by atoms with E-state index in [0.717, 1.165) is 35.0 Å². The molecule has 1 amide bonds. The SMILES string of the molecule is Cc1c(C(=O)N2CC[C@@H](N)C[C@H]2C)nnn1-c1cccc2cnccc12. The number of nitrogens with two attached hydrogens (primary N) is 1. The van der Waals surface area contributed by atoms with Crippen LogP contribution in [0.5, 0.6) is 0 Å². The largest absolute Gasteiger partial charge is 0.334 e. The average Bonchev–Trinajstić information content (AvgIpc) is 3.02. The number of nitrogens with zero attached hydrogens (tertiary/aromatic N) is 5. The van der Waals surface area contributed by atoms with Crippen molar-refractivity contribution in [2.75, 3.05) is 6.54 Å². The van der Waals surface area contributed by atoms with Crippen LogP contribution in [0.2, 0.25) is 0 Å². The fourth-order valence-corrected chi connectivity index (χ4v) is 3.69. The third-order valence-corrected chi connectivity index (χ3v) is 5.16. The molecule has 134 valence electrons. The molecule has 0 unspecified atom stereocenters. The minimum absolute atomic E-state index is 0.0740. The highest BCUT2D eigenvalue weighted by atomic mass is 16.2. The van der Waals surface area contributed by atoms with E-state index in [9.17, 15) is 4.79 Å². The number of hydrogen-bond acceptors (Lipinski definition) is 5. The Hall–Kier alpha value is -2.80. The zero-order valence-corrected chi connectivity index (χ0v) is 15.0. The van der Waals surface area contributed by atoms with Crippen molar-refractivity contribution in [1.29, 1.82) is 0 Å². The molecule has 0 aliphatic carbocycles. The minimum atomic E-state index is -0.0740. The van der Waals surface area contributed by atoms with Crippen LogP contribution in [0.1, 0.15) is 35.9 Å². The Morgan fingerprint density at radius 1 is 1.31 bits per heavy atom. The second-order valence-corrected chi connectivity index (χ2v) is 6.94. The van der Waals surface area contributed by atoms with Gasteiger partial charge in [-0.3, -0.25) is 9.78 Å². The molecule has 3 heterocycles. The minimum Gasteiger partial charge on any atom is -0.334 e. The molecule has 0 saturated carbocycles. The molecule has 26 heavy (non-hydrogen) atoms. The van der Waals surface area contributed by atoms with Gasteiger partial charge in [-0.25, -0.2) is 4.68 Å². The summed E-state index contributed by atoms with van der Waals surface area (Å²) in [5.74, 6) is -0.0740. The first-order chi connectivity index (χ1) is 12.6. The normalized spacial score (nSPS) is 20.5. The standard InChI is InChI=1S/C19H22N6O/c1-12-10-15(20)7-9-24(12)19(26)18-13(2)25(23-22-18)17-5-3-4-14-11-21-8-6-16(14)17/h3-6,8,11-12,15H,7,9-10,20H2,1-2H3/t12-,15-/m1/s1. The number of amides is 1. The van der Waals surface area contributed by atoms with Crippen LogP contribution in [0.25, 0.3) is 16.5 Å². The number of carbonyl (C=O) groups excluding carboxylic acids is 1. The number of hydrogen-bond donors (Lipinski definition) is 1. The second kappa shape index (κ2) is 6.49. The molecule has 1 fully saturated rings. The first kappa shape index (κ1) is 16.7. The summed E-state index contributed by atoms with van der Waals surface area (Å²) >= 11 is 0. The summed E-state index contributed by atoms with van der Waals surface area (Å²) in [6.07, 6.45) is 5.20. The fraction of sp³-hybridized carbons (Fsp3) is 0.368. The first-order valence-corrected chi connectivity index (χ1v) is 8.88. The molecular weight excluding hydrogens is 328 g/mol. The molecular formula is C19H22N6O.